The van der Waals surface area contributed by atoms with Crippen LogP contribution >= 0.6 is 0 Å². The van der Waals surface area contributed by atoms with E-state index in [-0.39, 0.29) is 11.9 Å². The van der Waals surface area contributed by atoms with Crippen molar-refractivity contribution in [1.82, 2.24) is 5.31 Å². The molecular formula is C16H21NO6. The number of carboxylic acids is 1. The summed E-state index contributed by atoms with van der Waals surface area (Å²) in [5, 5.41) is 8.76. The summed E-state index contributed by atoms with van der Waals surface area (Å²) >= 11 is 0. The summed E-state index contributed by atoms with van der Waals surface area (Å²) in [5.74, 6) is -3.39. The first-order valence-electron chi connectivity index (χ1n) is 8.30. The molecule has 0 heterocycles. The third-order valence-electron chi connectivity index (χ3n) is 2.29. The molecule has 0 bridgehead atoms. The average molecular weight is 329 g/mol. The first-order valence-corrected chi connectivity index (χ1v) is 6.78. The summed E-state index contributed by atoms with van der Waals surface area (Å²) in [7, 11) is 0. The van der Waals surface area contributed by atoms with Gasteiger partial charge in [0.1, 0.15) is 18.2 Å². The largest absolute Gasteiger partial charge is 0.481 e. The Bertz CT molecular complexity index is 664. The Morgan fingerprint density at radius 3 is 2.48 bits per heavy atom. The van der Waals surface area contributed by atoms with Crippen molar-refractivity contribution in [1.29, 1.82) is 0 Å². The Morgan fingerprint density at radius 1 is 1.35 bits per heavy atom. The van der Waals surface area contributed by atoms with Crippen LogP contribution in [0, 0.1) is 0 Å². The maximum absolute atomic E-state index is 12.3. The van der Waals surface area contributed by atoms with Gasteiger partial charge in [-0.05, 0) is 26.3 Å². The normalized spacial score (nSPS) is 16.7. The molecule has 1 rings (SSSR count). The van der Waals surface area contributed by atoms with E-state index >= 15 is 0 Å². The maximum Gasteiger partial charge on any atom is 0.408 e. The van der Waals surface area contributed by atoms with Crippen molar-refractivity contribution >= 4 is 18.0 Å². The van der Waals surface area contributed by atoms with Crippen LogP contribution in [-0.4, -0.2) is 34.8 Å². The quantitative estimate of drug-likeness (QED) is 0.775. The van der Waals surface area contributed by atoms with Crippen LogP contribution in [0.5, 0.6) is 0 Å². The van der Waals surface area contributed by atoms with Crippen LogP contribution in [0.3, 0.4) is 0 Å². The standard InChI is InChI=1S/C16H21NO6/c1-16(2,3)23-15(21)17-12(9-13(18)19)14(20)22-10-11-7-5-4-6-8-11/h4-8,12H,9-10H2,1-3H3,(H,17,21)(H,18,19)/t12-/m0/s1/i9T,12T/hT/t9?,12-. The van der Waals surface area contributed by atoms with Crippen molar-refractivity contribution in [2.24, 2.45) is 0 Å². The summed E-state index contributed by atoms with van der Waals surface area (Å²) in [6.45, 7) is 4.17. The third-order valence-corrected chi connectivity index (χ3v) is 2.29. The van der Waals surface area contributed by atoms with Crippen LogP contribution in [0.25, 0.3) is 0 Å². The van der Waals surface area contributed by atoms with Crippen molar-refractivity contribution in [2.45, 2.75) is 45.4 Å². The predicted octanol–water partition coefficient (Wildman–Crippen LogP) is 2.10. The van der Waals surface area contributed by atoms with E-state index in [4.69, 9.17) is 18.7 Å². The van der Waals surface area contributed by atoms with E-state index in [0.29, 0.717) is 5.56 Å². The van der Waals surface area contributed by atoms with Gasteiger partial charge in [0.2, 0.25) is 0 Å². The van der Waals surface area contributed by atoms with Crippen LogP contribution in [-0.2, 0) is 25.7 Å². The molecule has 0 aliphatic rings. The molecule has 1 aromatic carbocycles. The lowest BCUT2D eigenvalue weighted by atomic mass is 10.2. The fraction of sp³-hybridized carbons (Fsp3) is 0.438. The Hall–Kier alpha value is -2.57. The van der Waals surface area contributed by atoms with Crippen molar-refractivity contribution in [2.75, 3.05) is 0 Å². The number of esters is 1. The van der Waals surface area contributed by atoms with Crippen LogP contribution in [0.4, 0.5) is 4.79 Å². The molecule has 2 atom stereocenters. The van der Waals surface area contributed by atoms with Crippen molar-refractivity contribution < 1.29 is 33.1 Å². The highest BCUT2D eigenvalue weighted by Gasteiger charge is 2.27. The highest BCUT2D eigenvalue weighted by molar-refractivity contribution is 5.85. The van der Waals surface area contributed by atoms with Gasteiger partial charge in [0.15, 0.2) is 1.41 Å². The molecule has 0 radical (unpaired) electrons. The van der Waals surface area contributed by atoms with E-state index in [1.165, 1.54) is 20.8 Å². The first kappa shape index (κ1) is 14.0. The smallest absolute Gasteiger partial charge is 0.408 e. The number of amides is 1. The zero-order valence-electron chi connectivity index (χ0n) is 16.1. The van der Waals surface area contributed by atoms with Gasteiger partial charge >= 0.3 is 18.0 Å². The number of hydrogen-bond donors (Lipinski definition) is 2. The average Bonchev–Trinajstić information content (AvgIpc) is 2.56. The second-order valence-electron chi connectivity index (χ2n) is 5.52. The monoisotopic (exact) mass is 329 g/mol. The highest BCUT2D eigenvalue weighted by atomic mass is 16.6. The number of ether oxygens (including phenoxy) is 2. The second kappa shape index (κ2) is 8.17. The van der Waals surface area contributed by atoms with Crippen LogP contribution in [0.2, 0.25) is 1.41 Å². The molecule has 126 valence electrons. The van der Waals surface area contributed by atoms with Crippen LogP contribution in [0.15, 0.2) is 30.3 Å². The molecule has 1 unspecified atom stereocenters. The van der Waals surface area contributed by atoms with Gasteiger partial charge in [-0.1, -0.05) is 30.3 Å². The molecule has 2 N–H and O–H groups in total. The van der Waals surface area contributed by atoms with Crippen molar-refractivity contribution in [3.63, 3.8) is 0 Å². The molecule has 1 aromatic rings. The molecule has 0 aliphatic carbocycles. The number of carboxylic acid groups (broad SMARTS) is 1. The lowest BCUT2D eigenvalue weighted by molar-refractivity contribution is -0.151. The van der Waals surface area contributed by atoms with Crippen LogP contribution in [0.1, 0.15) is 35.5 Å². The van der Waals surface area contributed by atoms with E-state index in [9.17, 15) is 14.4 Å². The van der Waals surface area contributed by atoms with Gasteiger partial charge in [0, 0.05) is 1.37 Å². The Labute approximate surface area is 138 Å². The molecule has 0 aliphatic heterocycles. The van der Waals surface area contributed by atoms with Crippen molar-refractivity contribution in [3.8, 4) is 0 Å². The highest BCUT2D eigenvalue weighted by Crippen LogP contribution is 2.08. The lowest BCUT2D eigenvalue weighted by Crippen LogP contribution is -2.45. The minimum Gasteiger partial charge on any atom is -0.481 e. The zero-order chi connectivity index (χ0) is 20.1. The number of hydrogen-bond acceptors (Lipinski definition) is 5. The maximum atomic E-state index is 12.3. The van der Waals surface area contributed by atoms with Gasteiger partial charge in [-0.3, -0.25) is 4.79 Å². The molecular weight excluding hydrogens is 302 g/mol. The summed E-state index contributed by atoms with van der Waals surface area (Å²) < 4.78 is 33.2. The van der Waals surface area contributed by atoms with Gasteiger partial charge < -0.3 is 19.9 Å². The number of nitrogens with one attached hydrogen (secondary N) is 1. The van der Waals surface area contributed by atoms with E-state index in [1.54, 1.807) is 30.3 Å². The number of benzene rings is 1. The van der Waals surface area contributed by atoms with E-state index in [1.807, 2.05) is 0 Å². The fourth-order valence-electron chi connectivity index (χ4n) is 1.43. The minimum absolute atomic E-state index is 0.280. The van der Waals surface area contributed by atoms with Gasteiger partial charge in [-0.25, -0.2) is 9.59 Å². The molecule has 0 saturated heterocycles. The molecule has 0 spiro atoms. The number of carbonyl (C=O) groups excluding carboxylic acids is 2. The number of rotatable bonds is 6. The number of alkyl carbamates (subject to hydrolysis) is 1. The molecule has 0 aromatic heterocycles. The van der Waals surface area contributed by atoms with E-state index in [2.05, 4.69) is 0 Å². The lowest BCUT2D eigenvalue weighted by Gasteiger charge is -2.22. The summed E-state index contributed by atoms with van der Waals surface area (Å²) in [4.78, 5) is 35.5. The topological polar surface area (TPSA) is 102 Å². The molecule has 7 nitrogen and oxygen atoms in total. The molecule has 0 saturated carbocycles. The van der Waals surface area contributed by atoms with Crippen LogP contribution < -0.4 is 5.31 Å². The minimum atomic E-state index is -3.15. The van der Waals surface area contributed by atoms with Gasteiger partial charge in [0.25, 0.3) is 0 Å². The van der Waals surface area contributed by atoms with Gasteiger partial charge in [-0.15, -0.1) is 0 Å². The summed E-state index contributed by atoms with van der Waals surface area (Å²) in [6.07, 6.45) is -3.92. The summed E-state index contributed by atoms with van der Waals surface area (Å²) in [6, 6.07) is 5.20. The Morgan fingerprint density at radius 2 is 1.96 bits per heavy atom. The molecule has 0 fully saturated rings. The summed E-state index contributed by atoms with van der Waals surface area (Å²) in [5.41, 5.74) is -0.500. The van der Waals surface area contributed by atoms with Gasteiger partial charge in [-0.2, -0.15) is 0 Å². The number of carbonyl (C=O) groups is 3. The molecule has 23 heavy (non-hydrogen) atoms. The Kier molecular flexibility index (Phi) is 4.99. The molecule has 7 heteroatoms. The van der Waals surface area contributed by atoms with E-state index < -0.39 is 36.0 Å². The molecule has 1 amide bonds. The zero-order valence-corrected chi connectivity index (χ0v) is 13.1. The predicted molar refractivity (Wildman–Crippen MR) is 81.6 cm³/mol. The number of aliphatic carboxylic acids is 1. The van der Waals surface area contributed by atoms with E-state index in [0.717, 1.165) is 0 Å². The van der Waals surface area contributed by atoms with Gasteiger partial charge in [0.05, 0.1) is 7.77 Å². The van der Waals surface area contributed by atoms with Crippen molar-refractivity contribution in [3.05, 3.63) is 35.9 Å². The first-order chi connectivity index (χ1) is 11.9. The third kappa shape index (κ3) is 7.85. The SMILES string of the molecule is [3H]C(C(=O)O)[C@@]([3H])(C(=O)OCc1ccccc1)N([3H])C(=O)OC(C)(C)C. The fourth-order valence-corrected chi connectivity index (χ4v) is 1.43. The Balaban J connectivity index is 3.06. The second-order valence-corrected chi connectivity index (χ2v) is 5.52.